The van der Waals surface area contributed by atoms with Crippen LogP contribution < -0.4 is 9.80 Å². The molecule has 3 aliphatic rings. The van der Waals surface area contributed by atoms with Gasteiger partial charge in [0.25, 0.3) is 0 Å². The van der Waals surface area contributed by atoms with Gasteiger partial charge in [-0.3, -0.25) is 9.69 Å². The predicted molar refractivity (Wildman–Crippen MR) is 154 cm³/mol. The number of likely N-dealkylation sites (N-methyl/N-ethyl adjacent to an activating group) is 2. The number of carbonyl (C=O) groups excluding carboxylic acids is 1. The Morgan fingerprint density at radius 1 is 0.811 bits per heavy atom. The molecule has 1 aliphatic carbocycles. The highest BCUT2D eigenvalue weighted by Crippen LogP contribution is 2.47. The molecule has 1 atom stereocenters. The number of quaternary nitrogens is 1. The fourth-order valence-electron chi connectivity index (χ4n) is 6.71. The van der Waals surface area contributed by atoms with Gasteiger partial charge in [-0.25, -0.2) is 0 Å². The van der Waals surface area contributed by atoms with Crippen molar-refractivity contribution in [3.8, 4) is 0 Å². The lowest BCUT2D eigenvalue weighted by atomic mass is 9.82. The van der Waals surface area contributed by atoms with E-state index in [2.05, 4.69) is 119 Å². The molecular weight excluding hydrogens is 452 g/mol. The zero-order valence-electron chi connectivity index (χ0n) is 23.3. The summed E-state index contributed by atoms with van der Waals surface area (Å²) in [6.45, 7) is 15.5. The molecule has 3 nitrogen and oxygen atoms in total. The molecule has 2 aliphatic heterocycles. The molecule has 2 aromatic carbocycles. The Kier molecular flexibility index (Phi) is 6.62. The largest absolute Gasteiger partial charge is 0.344 e. The zero-order chi connectivity index (χ0) is 26.4. The first-order valence-electron chi connectivity index (χ1n) is 13.9. The smallest absolute Gasteiger partial charge is 0.184 e. The van der Waals surface area contributed by atoms with Gasteiger partial charge in [-0.1, -0.05) is 56.3 Å². The molecule has 5 rings (SSSR count). The fourth-order valence-corrected chi connectivity index (χ4v) is 6.71. The standard InChI is InChI=1S/C34H40N2O/c1-7-35-28-18-11-9-16-26(28)33(3,4)30(35)22-20-24-14-13-15-25(32(24)37)21-23-31-34(5,6)27-17-10-12-19-29(27)36(31)8-2/h9-12,16-23H,7-8,13-15H2,1-6H3/p+1/b24-20+,25-21?,30-22+,31-23?. The van der Waals surface area contributed by atoms with Gasteiger partial charge in [0.05, 0.1) is 12.0 Å². The van der Waals surface area contributed by atoms with Gasteiger partial charge in [0, 0.05) is 28.9 Å². The van der Waals surface area contributed by atoms with Crippen LogP contribution in [0.2, 0.25) is 0 Å². The maximum Gasteiger partial charge on any atom is 0.184 e. The number of para-hydroxylation sites is 2. The third-order valence-corrected chi connectivity index (χ3v) is 8.76. The van der Waals surface area contributed by atoms with Crippen LogP contribution in [0.25, 0.3) is 0 Å². The molecule has 37 heavy (non-hydrogen) atoms. The van der Waals surface area contributed by atoms with Gasteiger partial charge in [-0.15, -0.1) is 0 Å². The van der Waals surface area contributed by atoms with Gasteiger partial charge in [0.1, 0.15) is 11.4 Å². The molecule has 1 fully saturated rings. The minimum absolute atomic E-state index is 0.0491. The molecule has 0 bridgehead atoms. The molecule has 0 aromatic heterocycles. The maximum atomic E-state index is 13.6. The zero-order valence-corrected chi connectivity index (χ0v) is 23.3. The van der Waals surface area contributed by atoms with E-state index in [9.17, 15) is 4.79 Å². The van der Waals surface area contributed by atoms with Crippen LogP contribution in [-0.4, -0.2) is 18.9 Å². The summed E-state index contributed by atoms with van der Waals surface area (Å²) in [5, 5.41) is 0. The number of ketones is 1. The molecule has 2 heterocycles. The number of fused-ring (bicyclic) bond motifs is 2. The van der Waals surface area contributed by atoms with E-state index < -0.39 is 0 Å². The molecule has 0 saturated heterocycles. The highest BCUT2D eigenvalue weighted by molar-refractivity contribution is 6.09. The third kappa shape index (κ3) is 4.14. The van der Waals surface area contributed by atoms with Crippen molar-refractivity contribution in [1.29, 1.82) is 0 Å². The van der Waals surface area contributed by atoms with Gasteiger partial charge in [0.2, 0.25) is 0 Å². The summed E-state index contributed by atoms with van der Waals surface area (Å²) < 4.78 is 0. The van der Waals surface area contributed by atoms with Gasteiger partial charge in [0.15, 0.2) is 5.78 Å². The first-order valence-corrected chi connectivity index (χ1v) is 13.9. The maximum absolute atomic E-state index is 13.6. The van der Waals surface area contributed by atoms with Gasteiger partial charge >= 0.3 is 0 Å². The molecular formula is C34H41N2O+. The van der Waals surface area contributed by atoms with Crippen molar-refractivity contribution >= 4 is 17.2 Å². The number of allylic oxidation sites excluding steroid dienone is 8. The van der Waals surface area contributed by atoms with Crippen molar-refractivity contribution < 1.29 is 9.69 Å². The summed E-state index contributed by atoms with van der Waals surface area (Å²) in [5.41, 5.74) is 9.73. The number of anilines is 1. The second kappa shape index (κ2) is 9.61. The second-order valence-corrected chi connectivity index (χ2v) is 11.6. The van der Waals surface area contributed by atoms with E-state index in [-0.39, 0.29) is 16.6 Å². The average Bonchev–Trinajstić information content (AvgIpc) is 3.25. The lowest BCUT2D eigenvalue weighted by molar-refractivity contribution is -0.786. The Balaban J connectivity index is 1.45. The fraction of sp³-hybridized carbons (Fsp3) is 0.382. The van der Waals surface area contributed by atoms with E-state index >= 15 is 0 Å². The number of Topliss-reactive ketones (excluding diaryl/α,β-unsaturated/α-hetero) is 1. The predicted octanol–water partition coefficient (Wildman–Crippen LogP) is 6.71. The Hall–Kier alpha value is -3.17. The van der Waals surface area contributed by atoms with Gasteiger partial charge in [-0.2, -0.15) is 0 Å². The molecule has 1 N–H and O–H groups in total. The van der Waals surface area contributed by atoms with Crippen molar-refractivity contribution in [3.63, 3.8) is 0 Å². The van der Waals surface area contributed by atoms with Crippen LogP contribution in [0.5, 0.6) is 0 Å². The van der Waals surface area contributed by atoms with Crippen LogP contribution >= 0.6 is 0 Å². The summed E-state index contributed by atoms with van der Waals surface area (Å²) >= 11 is 0. The summed E-state index contributed by atoms with van der Waals surface area (Å²) in [4.78, 5) is 17.4. The summed E-state index contributed by atoms with van der Waals surface area (Å²) in [5.74, 6) is 0.211. The van der Waals surface area contributed by atoms with Gasteiger partial charge in [-0.05, 0) is 94.0 Å². The van der Waals surface area contributed by atoms with Crippen LogP contribution in [0.3, 0.4) is 0 Å². The first-order chi connectivity index (χ1) is 17.7. The number of carbonyl (C=O) groups is 1. The minimum Gasteiger partial charge on any atom is -0.344 e. The van der Waals surface area contributed by atoms with Crippen molar-refractivity contribution in [1.82, 2.24) is 0 Å². The van der Waals surface area contributed by atoms with E-state index in [0.717, 1.165) is 43.5 Å². The number of nitrogens with zero attached hydrogens (tertiary/aromatic N) is 1. The number of hydrogen-bond acceptors (Lipinski definition) is 2. The lowest BCUT2D eigenvalue weighted by Crippen LogP contribution is -3.04. The number of rotatable bonds is 4. The molecule has 1 saturated carbocycles. The van der Waals surface area contributed by atoms with E-state index in [1.165, 1.54) is 38.8 Å². The highest BCUT2D eigenvalue weighted by Gasteiger charge is 2.44. The summed E-state index contributed by atoms with van der Waals surface area (Å²) in [6, 6.07) is 17.4. The normalized spacial score (nSPS) is 26.4. The van der Waals surface area contributed by atoms with Crippen molar-refractivity contribution in [2.45, 2.75) is 71.6 Å². The van der Waals surface area contributed by atoms with Crippen LogP contribution in [-0.2, 0) is 15.6 Å². The minimum atomic E-state index is -0.0834. The summed E-state index contributed by atoms with van der Waals surface area (Å²) in [7, 11) is 0. The van der Waals surface area contributed by atoms with E-state index in [0.29, 0.717) is 0 Å². The number of nitrogens with one attached hydrogen (secondary N) is 1. The van der Waals surface area contributed by atoms with E-state index in [1.807, 2.05) is 0 Å². The van der Waals surface area contributed by atoms with Crippen LogP contribution in [0, 0.1) is 0 Å². The molecule has 0 amide bonds. The van der Waals surface area contributed by atoms with Crippen molar-refractivity contribution in [2.75, 3.05) is 18.0 Å². The van der Waals surface area contributed by atoms with Crippen LogP contribution in [0.4, 0.5) is 11.4 Å². The second-order valence-electron chi connectivity index (χ2n) is 11.6. The molecule has 2 aromatic rings. The van der Waals surface area contributed by atoms with Gasteiger partial charge < -0.3 is 4.90 Å². The van der Waals surface area contributed by atoms with E-state index in [1.54, 1.807) is 0 Å². The Bertz CT molecular complexity index is 1250. The monoisotopic (exact) mass is 493 g/mol. The summed E-state index contributed by atoms with van der Waals surface area (Å²) in [6.07, 6.45) is 11.4. The topological polar surface area (TPSA) is 24.8 Å². The van der Waals surface area contributed by atoms with Crippen LogP contribution in [0.15, 0.2) is 95.4 Å². The first kappa shape index (κ1) is 25.5. The molecule has 0 radical (unpaired) electrons. The molecule has 1 unspecified atom stereocenters. The van der Waals surface area contributed by atoms with Crippen molar-refractivity contribution in [3.05, 3.63) is 107 Å². The average molecular weight is 494 g/mol. The molecule has 192 valence electrons. The van der Waals surface area contributed by atoms with Crippen LogP contribution in [0.1, 0.15) is 71.9 Å². The molecule has 0 spiro atoms. The van der Waals surface area contributed by atoms with E-state index in [4.69, 9.17) is 0 Å². The SMILES string of the molecule is CCN1C(=CC=C2CCC/C(=C\C=C3\[NH+](CC)c4ccccc4C3(C)C)C2=O)C(C)(C)c2ccccc21. The Labute approximate surface area is 222 Å². The lowest BCUT2D eigenvalue weighted by Gasteiger charge is -2.26. The number of benzene rings is 2. The Morgan fingerprint density at radius 2 is 1.43 bits per heavy atom. The van der Waals surface area contributed by atoms with Crippen molar-refractivity contribution in [2.24, 2.45) is 0 Å². The Morgan fingerprint density at radius 3 is 2.11 bits per heavy atom. The quantitative estimate of drug-likeness (QED) is 0.479. The molecule has 3 heteroatoms. The third-order valence-electron chi connectivity index (χ3n) is 8.76. The highest BCUT2D eigenvalue weighted by atomic mass is 16.1. The number of hydrogen-bond donors (Lipinski definition) is 1.